The molecular formula is C17H21N5O. The van der Waals surface area contributed by atoms with Crippen LogP contribution in [-0.2, 0) is 17.9 Å². The lowest BCUT2D eigenvalue weighted by Crippen LogP contribution is -2.30. The van der Waals surface area contributed by atoms with Crippen LogP contribution in [0.1, 0.15) is 22.5 Å². The summed E-state index contributed by atoms with van der Waals surface area (Å²) in [5.74, 6) is 0.790. The number of hydrogen-bond acceptors (Lipinski definition) is 3. The largest absolute Gasteiger partial charge is 0.340 e. The molecule has 2 aromatic heterocycles. The molecule has 2 heterocycles. The molecular weight excluding hydrogens is 290 g/mol. The second kappa shape index (κ2) is 5.87. The SMILES string of the molecule is Cc1cnn(CC(=O)N(C)Cc2nc3cc(C)c(C)cc3[nH]2)c1. The van der Waals surface area contributed by atoms with Gasteiger partial charge in [0.15, 0.2) is 0 Å². The number of benzene rings is 1. The van der Waals surface area contributed by atoms with Crippen molar-refractivity contribution in [1.82, 2.24) is 24.6 Å². The van der Waals surface area contributed by atoms with Crippen LogP contribution in [-0.4, -0.2) is 37.6 Å². The Morgan fingerprint density at radius 3 is 2.70 bits per heavy atom. The average Bonchev–Trinajstić information content (AvgIpc) is 3.05. The Labute approximate surface area is 135 Å². The van der Waals surface area contributed by atoms with Crippen LogP contribution in [0.25, 0.3) is 11.0 Å². The van der Waals surface area contributed by atoms with Crippen LogP contribution in [0.5, 0.6) is 0 Å². The monoisotopic (exact) mass is 311 g/mol. The van der Waals surface area contributed by atoms with Gasteiger partial charge in [-0.25, -0.2) is 4.98 Å². The number of aromatic nitrogens is 4. The summed E-state index contributed by atoms with van der Waals surface area (Å²) in [6.45, 7) is 6.80. The van der Waals surface area contributed by atoms with Gasteiger partial charge < -0.3 is 9.88 Å². The van der Waals surface area contributed by atoms with Crippen molar-refractivity contribution >= 4 is 16.9 Å². The Balaban J connectivity index is 1.71. The molecule has 1 aromatic carbocycles. The first-order chi connectivity index (χ1) is 10.9. The van der Waals surface area contributed by atoms with E-state index in [4.69, 9.17) is 0 Å². The second-order valence-electron chi connectivity index (χ2n) is 6.10. The Morgan fingerprint density at radius 1 is 1.26 bits per heavy atom. The lowest BCUT2D eigenvalue weighted by Gasteiger charge is -2.15. The van der Waals surface area contributed by atoms with E-state index >= 15 is 0 Å². The van der Waals surface area contributed by atoms with Crippen molar-refractivity contribution in [1.29, 1.82) is 0 Å². The van der Waals surface area contributed by atoms with Gasteiger partial charge in [-0.05, 0) is 49.6 Å². The lowest BCUT2D eigenvalue weighted by atomic mass is 10.1. The molecule has 0 saturated carbocycles. The van der Waals surface area contributed by atoms with Gasteiger partial charge in [-0.3, -0.25) is 9.48 Å². The van der Waals surface area contributed by atoms with Gasteiger partial charge in [-0.2, -0.15) is 5.10 Å². The number of hydrogen-bond donors (Lipinski definition) is 1. The Kier molecular flexibility index (Phi) is 3.90. The smallest absolute Gasteiger partial charge is 0.244 e. The summed E-state index contributed by atoms with van der Waals surface area (Å²) >= 11 is 0. The van der Waals surface area contributed by atoms with Crippen molar-refractivity contribution in [3.05, 3.63) is 47.0 Å². The van der Waals surface area contributed by atoms with E-state index in [-0.39, 0.29) is 12.5 Å². The van der Waals surface area contributed by atoms with Crippen LogP contribution in [0.4, 0.5) is 0 Å². The summed E-state index contributed by atoms with van der Waals surface area (Å²) in [5, 5.41) is 4.15. The molecule has 23 heavy (non-hydrogen) atoms. The van der Waals surface area contributed by atoms with E-state index in [1.165, 1.54) is 11.1 Å². The van der Waals surface area contributed by atoms with Gasteiger partial charge in [0.05, 0.1) is 23.8 Å². The molecule has 0 unspecified atom stereocenters. The molecule has 0 radical (unpaired) electrons. The van der Waals surface area contributed by atoms with Crippen molar-refractivity contribution in [2.75, 3.05) is 7.05 Å². The molecule has 0 aliphatic heterocycles. The van der Waals surface area contributed by atoms with Gasteiger partial charge in [0, 0.05) is 13.2 Å². The van der Waals surface area contributed by atoms with E-state index in [0.29, 0.717) is 6.54 Å². The molecule has 120 valence electrons. The van der Waals surface area contributed by atoms with Crippen LogP contribution in [0, 0.1) is 20.8 Å². The molecule has 0 aliphatic carbocycles. The van der Waals surface area contributed by atoms with E-state index in [1.54, 1.807) is 22.8 Å². The zero-order valence-electron chi connectivity index (χ0n) is 13.9. The minimum absolute atomic E-state index is 0.000849. The number of imidazole rings is 1. The number of nitrogens with zero attached hydrogens (tertiary/aromatic N) is 4. The van der Waals surface area contributed by atoms with Gasteiger partial charge >= 0.3 is 0 Å². The normalized spacial score (nSPS) is 11.1. The fourth-order valence-electron chi connectivity index (χ4n) is 2.52. The Bertz CT molecular complexity index is 822. The Morgan fingerprint density at radius 2 is 2.00 bits per heavy atom. The predicted molar refractivity (Wildman–Crippen MR) is 89.0 cm³/mol. The number of nitrogens with one attached hydrogen (secondary N) is 1. The quantitative estimate of drug-likeness (QED) is 0.804. The maximum absolute atomic E-state index is 12.3. The first kappa shape index (κ1) is 15.3. The molecule has 3 aromatic rings. The van der Waals surface area contributed by atoms with Crippen molar-refractivity contribution in [2.45, 2.75) is 33.9 Å². The van der Waals surface area contributed by atoms with Gasteiger partial charge in [0.2, 0.25) is 5.91 Å². The summed E-state index contributed by atoms with van der Waals surface area (Å²) in [7, 11) is 1.78. The van der Waals surface area contributed by atoms with E-state index in [1.807, 2.05) is 13.1 Å². The second-order valence-corrected chi connectivity index (χ2v) is 6.10. The van der Waals surface area contributed by atoms with Crippen molar-refractivity contribution in [3.63, 3.8) is 0 Å². The maximum Gasteiger partial charge on any atom is 0.244 e. The molecule has 3 rings (SSSR count). The van der Waals surface area contributed by atoms with E-state index < -0.39 is 0 Å². The van der Waals surface area contributed by atoms with Gasteiger partial charge in [0.1, 0.15) is 12.4 Å². The first-order valence-corrected chi connectivity index (χ1v) is 7.61. The highest BCUT2D eigenvalue weighted by Gasteiger charge is 2.13. The summed E-state index contributed by atoms with van der Waals surface area (Å²) in [5.41, 5.74) is 5.43. The van der Waals surface area contributed by atoms with Gasteiger partial charge in [0.25, 0.3) is 0 Å². The topological polar surface area (TPSA) is 66.8 Å². The third-order valence-corrected chi connectivity index (χ3v) is 4.02. The molecule has 0 fully saturated rings. The summed E-state index contributed by atoms with van der Waals surface area (Å²) in [6.07, 6.45) is 3.61. The van der Waals surface area contributed by atoms with Crippen LogP contribution < -0.4 is 0 Å². The number of fused-ring (bicyclic) bond motifs is 1. The summed E-state index contributed by atoms with van der Waals surface area (Å²) < 4.78 is 1.65. The third kappa shape index (κ3) is 3.26. The number of aromatic amines is 1. The number of carbonyl (C=O) groups is 1. The van der Waals surface area contributed by atoms with Crippen LogP contribution >= 0.6 is 0 Å². The predicted octanol–water partition coefficient (Wildman–Crippen LogP) is 2.34. The number of aryl methyl sites for hydroxylation is 3. The summed E-state index contributed by atoms with van der Waals surface area (Å²) in [6, 6.07) is 4.16. The zero-order valence-corrected chi connectivity index (χ0v) is 13.9. The van der Waals surface area contributed by atoms with Crippen LogP contribution in [0.2, 0.25) is 0 Å². The maximum atomic E-state index is 12.3. The van der Waals surface area contributed by atoms with E-state index in [2.05, 4.69) is 41.0 Å². The lowest BCUT2D eigenvalue weighted by molar-refractivity contribution is -0.131. The highest BCUT2D eigenvalue weighted by molar-refractivity contribution is 5.78. The molecule has 0 bridgehead atoms. The number of rotatable bonds is 4. The summed E-state index contributed by atoms with van der Waals surface area (Å²) in [4.78, 5) is 21.8. The molecule has 0 aliphatic rings. The molecule has 1 amide bonds. The Hall–Kier alpha value is -2.63. The van der Waals surface area contributed by atoms with Crippen molar-refractivity contribution < 1.29 is 4.79 Å². The van der Waals surface area contributed by atoms with Crippen LogP contribution in [0.3, 0.4) is 0 Å². The van der Waals surface area contributed by atoms with E-state index in [0.717, 1.165) is 22.4 Å². The fourth-order valence-corrected chi connectivity index (χ4v) is 2.52. The minimum atomic E-state index is 0.000849. The highest BCUT2D eigenvalue weighted by atomic mass is 16.2. The molecule has 0 saturated heterocycles. The highest BCUT2D eigenvalue weighted by Crippen LogP contribution is 2.17. The molecule has 1 N–H and O–H groups in total. The number of carbonyl (C=O) groups excluding carboxylic acids is 1. The van der Waals surface area contributed by atoms with Crippen molar-refractivity contribution in [2.24, 2.45) is 0 Å². The first-order valence-electron chi connectivity index (χ1n) is 7.61. The zero-order chi connectivity index (χ0) is 16.6. The minimum Gasteiger partial charge on any atom is -0.340 e. The number of H-pyrrole nitrogens is 1. The van der Waals surface area contributed by atoms with Crippen LogP contribution in [0.15, 0.2) is 24.5 Å². The number of likely N-dealkylation sites (N-methyl/N-ethyl adjacent to an activating group) is 1. The molecule has 0 spiro atoms. The molecule has 6 nitrogen and oxygen atoms in total. The average molecular weight is 311 g/mol. The molecule has 0 atom stereocenters. The number of amides is 1. The standard InChI is InChI=1S/C17H21N5O/c1-11-7-18-22(8-11)10-17(23)21(4)9-16-19-14-5-12(2)13(3)6-15(14)20-16/h5-8H,9-10H2,1-4H3,(H,19,20). The van der Waals surface area contributed by atoms with Crippen molar-refractivity contribution in [3.8, 4) is 0 Å². The van der Waals surface area contributed by atoms with E-state index in [9.17, 15) is 4.79 Å². The van der Waals surface area contributed by atoms with Gasteiger partial charge in [-0.1, -0.05) is 0 Å². The van der Waals surface area contributed by atoms with Gasteiger partial charge in [-0.15, -0.1) is 0 Å². The third-order valence-electron chi connectivity index (χ3n) is 4.02. The molecule has 6 heteroatoms. The fraction of sp³-hybridized carbons (Fsp3) is 0.353.